The van der Waals surface area contributed by atoms with Gasteiger partial charge in [0.05, 0.1) is 11.3 Å². The van der Waals surface area contributed by atoms with Gasteiger partial charge in [-0.15, -0.1) is 0 Å². The Balaban J connectivity index is 1.74. The lowest BCUT2D eigenvalue weighted by Gasteiger charge is -2.34. The van der Waals surface area contributed by atoms with Gasteiger partial charge in [-0.3, -0.25) is 9.59 Å². The van der Waals surface area contributed by atoms with Crippen molar-refractivity contribution < 1.29 is 22.4 Å². The molecule has 1 aliphatic heterocycles. The third-order valence-corrected chi connectivity index (χ3v) is 7.62. The van der Waals surface area contributed by atoms with Crippen LogP contribution in [0.1, 0.15) is 34.8 Å². The smallest absolute Gasteiger partial charge is 0.289 e. The molecule has 1 fully saturated rings. The maximum Gasteiger partial charge on any atom is 0.289 e. The van der Waals surface area contributed by atoms with Crippen molar-refractivity contribution >= 4 is 33.4 Å². The Kier molecular flexibility index (Phi) is 6.84. The molecule has 2 heterocycles. The van der Waals surface area contributed by atoms with E-state index in [4.69, 9.17) is 16.0 Å². The van der Waals surface area contributed by atoms with Gasteiger partial charge in [-0.1, -0.05) is 25.4 Å². The van der Waals surface area contributed by atoms with Crippen molar-refractivity contribution in [3.05, 3.63) is 52.9 Å². The van der Waals surface area contributed by atoms with Crippen molar-refractivity contribution in [2.24, 2.45) is 0 Å². The van der Waals surface area contributed by atoms with Gasteiger partial charge >= 0.3 is 0 Å². The molecule has 8 nitrogen and oxygen atoms in total. The summed E-state index contributed by atoms with van der Waals surface area (Å²) in [6.07, 6.45) is 1.44. The van der Waals surface area contributed by atoms with Crippen molar-refractivity contribution in [2.45, 2.75) is 18.7 Å². The van der Waals surface area contributed by atoms with Crippen LogP contribution < -0.4 is 0 Å². The number of halogens is 1. The van der Waals surface area contributed by atoms with Gasteiger partial charge in [0.1, 0.15) is 4.90 Å². The van der Waals surface area contributed by atoms with Gasteiger partial charge in [0.2, 0.25) is 10.0 Å². The largest absolute Gasteiger partial charge is 0.459 e. The van der Waals surface area contributed by atoms with Crippen molar-refractivity contribution in [3.8, 4) is 0 Å². The topological polar surface area (TPSA) is 91.1 Å². The number of piperazine rings is 1. The minimum atomic E-state index is -3.80. The average Bonchev–Trinajstić information content (AvgIpc) is 3.28. The molecule has 1 aliphatic rings. The Labute approximate surface area is 181 Å². The van der Waals surface area contributed by atoms with E-state index >= 15 is 0 Å². The maximum absolute atomic E-state index is 13.0. The molecule has 0 bridgehead atoms. The Morgan fingerprint density at radius 1 is 1.03 bits per heavy atom. The zero-order valence-corrected chi connectivity index (χ0v) is 18.4. The molecule has 0 N–H and O–H groups in total. The molecule has 1 aromatic heterocycles. The fraction of sp³-hybridized carbons (Fsp3) is 0.400. The number of amides is 2. The van der Waals surface area contributed by atoms with Gasteiger partial charge in [-0.2, -0.15) is 4.31 Å². The summed E-state index contributed by atoms with van der Waals surface area (Å²) < 4.78 is 32.2. The van der Waals surface area contributed by atoms with E-state index in [0.717, 1.165) is 0 Å². The molecule has 10 heteroatoms. The molecular weight excluding hydrogens is 430 g/mol. The lowest BCUT2D eigenvalue weighted by molar-refractivity contribution is 0.0518. The number of nitrogens with zero attached hydrogens (tertiary/aromatic N) is 3. The third kappa shape index (κ3) is 4.38. The molecule has 1 saturated heterocycles. The van der Waals surface area contributed by atoms with Crippen LogP contribution >= 0.6 is 11.6 Å². The van der Waals surface area contributed by atoms with E-state index < -0.39 is 10.0 Å². The minimum absolute atomic E-state index is 0.0762. The second-order valence-corrected chi connectivity index (χ2v) is 9.11. The Bertz CT molecular complexity index is 1010. The van der Waals surface area contributed by atoms with Crippen LogP contribution in [0.3, 0.4) is 0 Å². The first kappa shape index (κ1) is 22.3. The highest BCUT2D eigenvalue weighted by Crippen LogP contribution is 2.26. The van der Waals surface area contributed by atoms with Gasteiger partial charge in [-0.05, 0) is 30.3 Å². The standard InChI is InChI=1S/C20H24ClN3O5S/c1-3-24(4-2)30(27,28)18-14-15(7-8-16(18)21)19(25)22-9-11-23(12-10-22)20(26)17-6-5-13-29-17/h5-8,13-14H,3-4,9-12H2,1-2H3. The molecular formula is C20H24ClN3O5S. The quantitative estimate of drug-likeness (QED) is 0.670. The van der Waals surface area contributed by atoms with Gasteiger partial charge < -0.3 is 14.2 Å². The first-order valence-corrected chi connectivity index (χ1v) is 11.5. The molecule has 162 valence electrons. The molecule has 1 aromatic carbocycles. The monoisotopic (exact) mass is 453 g/mol. The molecule has 30 heavy (non-hydrogen) atoms. The lowest BCUT2D eigenvalue weighted by atomic mass is 10.1. The zero-order chi connectivity index (χ0) is 21.9. The number of furan rings is 1. The lowest BCUT2D eigenvalue weighted by Crippen LogP contribution is -2.50. The summed E-state index contributed by atoms with van der Waals surface area (Å²) >= 11 is 6.15. The number of carbonyl (C=O) groups excluding carboxylic acids is 2. The molecule has 0 aliphatic carbocycles. The van der Waals surface area contributed by atoms with Crippen LogP contribution in [0.15, 0.2) is 45.9 Å². The molecule has 0 saturated carbocycles. The van der Waals surface area contributed by atoms with Crippen LogP contribution in [0.25, 0.3) is 0 Å². The van der Waals surface area contributed by atoms with Crippen molar-refractivity contribution in [1.82, 2.24) is 14.1 Å². The summed E-state index contributed by atoms with van der Waals surface area (Å²) in [4.78, 5) is 28.5. The highest BCUT2D eigenvalue weighted by atomic mass is 35.5. The molecule has 3 rings (SSSR count). The zero-order valence-electron chi connectivity index (χ0n) is 16.9. The predicted octanol–water partition coefficient (Wildman–Crippen LogP) is 2.56. The van der Waals surface area contributed by atoms with Crippen LogP contribution in [0.5, 0.6) is 0 Å². The number of benzene rings is 1. The summed E-state index contributed by atoms with van der Waals surface area (Å²) in [6, 6.07) is 7.54. The average molecular weight is 454 g/mol. The van der Waals surface area contributed by atoms with Crippen LogP contribution in [0.2, 0.25) is 5.02 Å². The normalized spacial score (nSPS) is 14.9. The minimum Gasteiger partial charge on any atom is -0.459 e. The van der Waals surface area contributed by atoms with Crippen molar-refractivity contribution in [2.75, 3.05) is 39.3 Å². The fourth-order valence-corrected chi connectivity index (χ4v) is 5.35. The first-order valence-electron chi connectivity index (χ1n) is 9.71. The van der Waals surface area contributed by atoms with Crippen LogP contribution in [0, 0.1) is 0 Å². The second kappa shape index (κ2) is 9.20. The molecule has 0 atom stereocenters. The van der Waals surface area contributed by atoms with E-state index in [0.29, 0.717) is 39.3 Å². The third-order valence-electron chi connectivity index (χ3n) is 5.09. The van der Waals surface area contributed by atoms with E-state index in [1.807, 2.05) is 0 Å². The van der Waals surface area contributed by atoms with E-state index in [2.05, 4.69) is 0 Å². The van der Waals surface area contributed by atoms with Crippen LogP contribution in [-0.2, 0) is 10.0 Å². The summed E-state index contributed by atoms with van der Waals surface area (Å²) in [6.45, 7) is 5.50. The molecule has 0 unspecified atom stereocenters. The Hall–Kier alpha value is -2.36. The van der Waals surface area contributed by atoms with E-state index in [9.17, 15) is 18.0 Å². The number of sulfonamides is 1. The van der Waals surface area contributed by atoms with E-state index in [-0.39, 0.29) is 33.1 Å². The molecule has 2 aromatic rings. The summed E-state index contributed by atoms with van der Waals surface area (Å²) in [7, 11) is -3.80. The Morgan fingerprint density at radius 2 is 1.63 bits per heavy atom. The van der Waals surface area contributed by atoms with Crippen LogP contribution in [-0.4, -0.2) is 73.6 Å². The van der Waals surface area contributed by atoms with Gasteiger partial charge in [0.15, 0.2) is 5.76 Å². The van der Waals surface area contributed by atoms with Gasteiger partial charge in [0, 0.05) is 44.8 Å². The van der Waals surface area contributed by atoms with Gasteiger partial charge in [0.25, 0.3) is 11.8 Å². The highest BCUT2D eigenvalue weighted by molar-refractivity contribution is 7.89. The summed E-state index contributed by atoms with van der Waals surface area (Å²) in [5, 5.41) is 0.0762. The molecule has 0 spiro atoms. The number of hydrogen-bond donors (Lipinski definition) is 0. The highest BCUT2D eigenvalue weighted by Gasteiger charge is 2.29. The van der Waals surface area contributed by atoms with Crippen molar-refractivity contribution in [3.63, 3.8) is 0 Å². The van der Waals surface area contributed by atoms with Crippen molar-refractivity contribution in [1.29, 1.82) is 0 Å². The number of carbonyl (C=O) groups is 2. The second-order valence-electron chi connectivity index (χ2n) is 6.80. The fourth-order valence-electron chi connectivity index (χ4n) is 3.39. The number of rotatable bonds is 6. The SMILES string of the molecule is CCN(CC)S(=O)(=O)c1cc(C(=O)N2CCN(C(=O)c3ccco3)CC2)ccc1Cl. The molecule has 0 radical (unpaired) electrons. The molecule has 2 amide bonds. The Morgan fingerprint density at radius 3 is 2.17 bits per heavy atom. The first-order chi connectivity index (χ1) is 14.3. The summed E-state index contributed by atoms with van der Waals surface area (Å²) in [5.41, 5.74) is 0.246. The van der Waals surface area contributed by atoms with Gasteiger partial charge in [-0.25, -0.2) is 8.42 Å². The van der Waals surface area contributed by atoms with E-state index in [1.54, 1.807) is 35.8 Å². The van der Waals surface area contributed by atoms with E-state index in [1.165, 1.54) is 28.8 Å². The van der Waals surface area contributed by atoms with Crippen LogP contribution in [0.4, 0.5) is 0 Å². The maximum atomic E-state index is 13.0. The summed E-state index contributed by atoms with van der Waals surface area (Å²) in [5.74, 6) is -0.252. The predicted molar refractivity (Wildman–Crippen MR) is 112 cm³/mol. The number of hydrogen-bond acceptors (Lipinski definition) is 5.